The van der Waals surface area contributed by atoms with Gasteiger partial charge in [0.15, 0.2) is 17.3 Å². The van der Waals surface area contributed by atoms with Crippen molar-refractivity contribution in [3.8, 4) is 11.5 Å². The highest BCUT2D eigenvalue weighted by atomic mass is 19.4. The molecule has 152 valence electrons. The number of carbonyl (C=O) groups excluding carboxylic acids is 1. The number of alkyl halides is 3. The fraction of sp³-hybridized carbons (Fsp3) is 0.353. The van der Waals surface area contributed by atoms with Gasteiger partial charge in [-0.15, -0.1) is 0 Å². The molecule has 1 N–H and O–H groups in total. The highest BCUT2D eigenvalue weighted by molar-refractivity contribution is 5.93. The lowest BCUT2D eigenvalue weighted by Crippen LogP contribution is -2.36. The maximum atomic E-state index is 14.2. The van der Waals surface area contributed by atoms with Crippen molar-refractivity contribution in [2.24, 2.45) is 7.05 Å². The number of aryl methyl sites for hydroxylation is 2. The quantitative estimate of drug-likeness (QED) is 0.664. The van der Waals surface area contributed by atoms with Gasteiger partial charge >= 0.3 is 6.18 Å². The fourth-order valence-electron chi connectivity index (χ4n) is 2.87. The van der Waals surface area contributed by atoms with Crippen molar-refractivity contribution in [3.63, 3.8) is 0 Å². The topological polar surface area (TPSA) is 98.7 Å². The van der Waals surface area contributed by atoms with Crippen LogP contribution in [0.2, 0.25) is 0 Å². The number of pyridine rings is 1. The van der Waals surface area contributed by atoms with Crippen molar-refractivity contribution in [2.45, 2.75) is 31.5 Å². The zero-order chi connectivity index (χ0) is 21.0. The second kappa shape index (κ2) is 6.36. The third-order valence-corrected chi connectivity index (χ3v) is 4.65. The summed E-state index contributed by atoms with van der Waals surface area (Å²) < 4.78 is 58.6. The molecule has 3 aromatic heterocycles. The van der Waals surface area contributed by atoms with Gasteiger partial charge in [0, 0.05) is 19.3 Å². The van der Waals surface area contributed by atoms with E-state index >= 15 is 0 Å². The fourth-order valence-corrected chi connectivity index (χ4v) is 2.87. The second-order valence-corrected chi connectivity index (χ2v) is 6.75. The molecule has 3 aromatic rings. The Morgan fingerprint density at radius 1 is 1.34 bits per heavy atom. The molecule has 0 radical (unpaired) electrons. The molecule has 29 heavy (non-hydrogen) atoms. The van der Waals surface area contributed by atoms with E-state index in [4.69, 9.17) is 4.52 Å². The number of nitrogens with zero attached hydrogens (tertiary/aromatic N) is 5. The van der Waals surface area contributed by atoms with E-state index < -0.39 is 29.1 Å². The predicted molar refractivity (Wildman–Crippen MR) is 88.8 cm³/mol. The van der Waals surface area contributed by atoms with Crippen LogP contribution in [0.4, 0.5) is 17.6 Å². The van der Waals surface area contributed by atoms with Crippen LogP contribution in [0.25, 0.3) is 11.5 Å². The Bertz CT molecular complexity index is 1100. The minimum absolute atomic E-state index is 0.0693. The van der Waals surface area contributed by atoms with Gasteiger partial charge in [0.05, 0.1) is 11.3 Å². The molecule has 0 bridgehead atoms. The first kappa shape index (κ1) is 19.0. The van der Waals surface area contributed by atoms with E-state index in [9.17, 15) is 22.4 Å². The highest BCUT2D eigenvalue weighted by Gasteiger charge is 2.50. The van der Waals surface area contributed by atoms with Crippen LogP contribution in [0.5, 0.6) is 0 Å². The molecule has 0 unspecified atom stereocenters. The average molecular weight is 410 g/mol. The molecule has 3 heterocycles. The van der Waals surface area contributed by atoms with Crippen molar-refractivity contribution in [1.82, 2.24) is 30.2 Å². The van der Waals surface area contributed by atoms with Gasteiger partial charge in [0.25, 0.3) is 11.8 Å². The van der Waals surface area contributed by atoms with Gasteiger partial charge in [0.1, 0.15) is 11.2 Å². The Morgan fingerprint density at radius 3 is 2.69 bits per heavy atom. The summed E-state index contributed by atoms with van der Waals surface area (Å²) in [7, 11) is 1.24. The number of aromatic nitrogens is 5. The molecule has 1 saturated carbocycles. The van der Waals surface area contributed by atoms with Crippen LogP contribution in [0.3, 0.4) is 0 Å². The first-order valence-corrected chi connectivity index (χ1v) is 8.50. The maximum absolute atomic E-state index is 14.2. The largest absolute Gasteiger partial charge is 0.435 e. The van der Waals surface area contributed by atoms with Crippen molar-refractivity contribution in [1.29, 1.82) is 0 Å². The maximum Gasteiger partial charge on any atom is 0.435 e. The van der Waals surface area contributed by atoms with E-state index in [1.807, 2.05) is 0 Å². The average Bonchev–Trinajstić information content (AvgIpc) is 3.07. The summed E-state index contributed by atoms with van der Waals surface area (Å²) in [4.78, 5) is 20.5. The lowest BCUT2D eigenvalue weighted by atomic mass is 10.2. The van der Waals surface area contributed by atoms with Gasteiger partial charge < -0.3 is 9.84 Å². The molecule has 8 nitrogen and oxygen atoms in total. The number of hydrogen-bond acceptors (Lipinski definition) is 6. The molecule has 0 aliphatic heterocycles. The molecule has 12 heteroatoms. The van der Waals surface area contributed by atoms with E-state index in [0.29, 0.717) is 18.9 Å². The van der Waals surface area contributed by atoms with Crippen LogP contribution in [0.15, 0.2) is 22.9 Å². The minimum Gasteiger partial charge on any atom is -0.338 e. The molecule has 1 amide bonds. The van der Waals surface area contributed by atoms with Crippen molar-refractivity contribution >= 4 is 5.91 Å². The lowest BCUT2D eigenvalue weighted by molar-refractivity contribution is -0.141. The van der Waals surface area contributed by atoms with Gasteiger partial charge in [-0.1, -0.05) is 5.16 Å². The summed E-state index contributed by atoms with van der Waals surface area (Å²) in [6, 6.07) is 2.05. The van der Waals surface area contributed by atoms with Crippen LogP contribution < -0.4 is 5.32 Å². The van der Waals surface area contributed by atoms with E-state index in [1.165, 1.54) is 26.2 Å². The summed E-state index contributed by atoms with van der Waals surface area (Å²) in [6.45, 7) is 1.49. The number of halogens is 4. The molecule has 4 rings (SSSR count). The summed E-state index contributed by atoms with van der Waals surface area (Å²) in [5.41, 5.74) is -2.18. The third-order valence-electron chi connectivity index (χ3n) is 4.65. The van der Waals surface area contributed by atoms with Crippen molar-refractivity contribution in [3.05, 3.63) is 47.1 Å². The van der Waals surface area contributed by atoms with Crippen LogP contribution in [0.1, 0.15) is 40.5 Å². The Balaban J connectivity index is 1.58. The molecule has 1 aliphatic carbocycles. The Morgan fingerprint density at radius 2 is 2.07 bits per heavy atom. The van der Waals surface area contributed by atoms with Crippen LogP contribution in [-0.2, 0) is 18.8 Å². The standard InChI is InChI=1S/C17H14F4N6O2/c1-8-12(18)9(3-6-22-8)14-23-15(26-29-14)16(4-5-16)24-13(28)10-7-11(17(19,20)21)25-27(10)2/h3,6-7H,4-5H2,1-2H3,(H,24,28). The Labute approximate surface area is 160 Å². The summed E-state index contributed by atoms with van der Waals surface area (Å²) >= 11 is 0. The summed E-state index contributed by atoms with van der Waals surface area (Å²) in [6.07, 6.45) is -2.35. The number of amides is 1. The van der Waals surface area contributed by atoms with E-state index in [0.717, 1.165) is 4.68 Å². The van der Waals surface area contributed by atoms with Gasteiger partial charge in [-0.3, -0.25) is 14.5 Å². The summed E-state index contributed by atoms with van der Waals surface area (Å²) in [5, 5.41) is 9.78. The Hall–Kier alpha value is -3.31. The molecule has 1 fully saturated rings. The first-order valence-electron chi connectivity index (χ1n) is 8.50. The molecule has 0 spiro atoms. The Kier molecular flexibility index (Phi) is 4.17. The molecular weight excluding hydrogens is 396 g/mol. The van der Waals surface area contributed by atoms with Crippen molar-refractivity contribution in [2.75, 3.05) is 0 Å². The normalized spacial score (nSPS) is 15.4. The van der Waals surface area contributed by atoms with Crippen LogP contribution in [-0.4, -0.2) is 30.8 Å². The number of rotatable bonds is 4. The minimum atomic E-state index is -4.66. The monoisotopic (exact) mass is 410 g/mol. The number of nitrogens with one attached hydrogen (secondary N) is 1. The molecule has 0 aromatic carbocycles. The zero-order valence-electron chi connectivity index (χ0n) is 15.2. The highest BCUT2D eigenvalue weighted by Crippen LogP contribution is 2.45. The van der Waals surface area contributed by atoms with Crippen LogP contribution >= 0.6 is 0 Å². The van der Waals surface area contributed by atoms with Crippen LogP contribution in [0, 0.1) is 12.7 Å². The van der Waals surface area contributed by atoms with E-state index in [1.54, 1.807) is 0 Å². The first-order chi connectivity index (χ1) is 13.6. The predicted octanol–water partition coefficient (Wildman–Crippen LogP) is 2.75. The lowest BCUT2D eigenvalue weighted by Gasteiger charge is -2.13. The smallest absolute Gasteiger partial charge is 0.338 e. The van der Waals surface area contributed by atoms with E-state index in [-0.39, 0.29) is 28.7 Å². The second-order valence-electron chi connectivity index (χ2n) is 6.75. The molecule has 0 atom stereocenters. The number of carbonyl (C=O) groups is 1. The van der Waals surface area contributed by atoms with Gasteiger partial charge in [-0.25, -0.2) is 4.39 Å². The molecule has 1 aliphatic rings. The summed E-state index contributed by atoms with van der Waals surface area (Å²) in [5.74, 6) is -1.33. The van der Waals surface area contributed by atoms with Gasteiger partial charge in [-0.2, -0.15) is 23.3 Å². The van der Waals surface area contributed by atoms with E-state index in [2.05, 4.69) is 25.5 Å². The molecule has 0 saturated heterocycles. The van der Waals surface area contributed by atoms with Gasteiger partial charge in [-0.05, 0) is 25.8 Å². The number of hydrogen-bond donors (Lipinski definition) is 1. The third kappa shape index (κ3) is 3.34. The molecular formula is C17H14F4N6O2. The SMILES string of the molecule is Cc1nccc(-c2nc(C3(NC(=O)c4cc(C(F)(F)F)nn4C)CC3)no2)c1F. The zero-order valence-corrected chi connectivity index (χ0v) is 15.2. The van der Waals surface area contributed by atoms with Crippen molar-refractivity contribution < 1.29 is 26.9 Å². The van der Waals surface area contributed by atoms with Gasteiger partial charge in [0.2, 0.25) is 0 Å².